The number of carbonyl (C=O) groups is 1. The zero-order valence-corrected chi connectivity index (χ0v) is 13.8. The van der Waals surface area contributed by atoms with Gasteiger partial charge in [-0.15, -0.1) is 11.3 Å². The van der Waals surface area contributed by atoms with Gasteiger partial charge in [-0.25, -0.2) is 9.78 Å². The van der Waals surface area contributed by atoms with Gasteiger partial charge >= 0.3 is 6.03 Å². The number of aromatic nitrogens is 1. The third kappa shape index (κ3) is 4.17. The van der Waals surface area contributed by atoms with Crippen LogP contribution in [0, 0.1) is 12.3 Å². The molecule has 5 nitrogen and oxygen atoms in total. The zero-order chi connectivity index (χ0) is 15.5. The average Bonchev–Trinajstić information content (AvgIpc) is 2.87. The van der Waals surface area contributed by atoms with Crippen molar-refractivity contribution in [3.8, 4) is 0 Å². The number of hydrogen-bond acceptors (Lipinski definition) is 4. The topological polar surface area (TPSA) is 74.2 Å². The van der Waals surface area contributed by atoms with E-state index in [0.717, 1.165) is 35.6 Å². The Morgan fingerprint density at radius 3 is 3.00 bits per heavy atom. The van der Waals surface area contributed by atoms with Gasteiger partial charge in [0.1, 0.15) is 5.01 Å². The van der Waals surface area contributed by atoms with E-state index in [0.29, 0.717) is 6.54 Å². The Bertz CT molecular complexity index is 491. The number of nitrogens with one attached hydrogen (secondary N) is 2. The molecule has 1 aromatic rings. The smallest absolute Gasteiger partial charge is 0.315 e. The fourth-order valence-corrected chi connectivity index (χ4v) is 3.53. The Kier molecular flexibility index (Phi) is 5.22. The molecular formula is C15H25N3O2S. The Hall–Kier alpha value is -1.14. The number of rotatable bonds is 4. The molecule has 1 aliphatic carbocycles. The van der Waals surface area contributed by atoms with Crippen molar-refractivity contribution in [2.24, 2.45) is 5.41 Å². The summed E-state index contributed by atoms with van der Waals surface area (Å²) in [7, 11) is 0. The number of amides is 2. The maximum atomic E-state index is 12.0. The van der Waals surface area contributed by atoms with Gasteiger partial charge in [-0.05, 0) is 26.7 Å². The SMILES string of the molecule is Cc1cnc(C(C)NC(=O)NCC2(C)CCCCC2O)s1. The maximum absolute atomic E-state index is 12.0. The number of aliphatic hydroxyl groups is 1. The van der Waals surface area contributed by atoms with Gasteiger partial charge in [0, 0.05) is 23.0 Å². The van der Waals surface area contributed by atoms with Crippen LogP contribution < -0.4 is 10.6 Å². The number of hydrogen-bond donors (Lipinski definition) is 3. The minimum absolute atomic E-state index is 0.104. The van der Waals surface area contributed by atoms with Gasteiger partial charge in [-0.1, -0.05) is 19.8 Å². The predicted molar refractivity (Wildman–Crippen MR) is 84.4 cm³/mol. The molecule has 3 N–H and O–H groups in total. The molecule has 2 rings (SSSR count). The van der Waals surface area contributed by atoms with Crippen LogP contribution in [0.3, 0.4) is 0 Å². The van der Waals surface area contributed by atoms with E-state index in [1.165, 1.54) is 0 Å². The van der Waals surface area contributed by atoms with Gasteiger partial charge in [0.25, 0.3) is 0 Å². The lowest BCUT2D eigenvalue weighted by atomic mass is 9.73. The van der Waals surface area contributed by atoms with E-state index in [1.807, 2.05) is 27.0 Å². The minimum atomic E-state index is -0.328. The van der Waals surface area contributed by atoms with Gasteiger partial charge in [-0.3, -0.25) is 0 Å². The predicted octanol–water partition coefficient (Wildman–Crippen LogP) is 2.75. The molecule has 21 heavy (non-hydrogen) atoms. The zero-order valence-electron chi connectivity index (χ0n) is 13.0. The van der Waals surface area contributed by atoms with E-state index in [2.05, 4.69) is 15.6 Å². The lowest BCUT2D eigenvalue weighted by Gasteiger charge is -2.38. The van der Waals surface area contributed by atoms with Crippen molar-refractivity contribution < 1.29 is 9.90 Å². The van der Waals surface area contributed by atoms with Crippen molar-refractivity contribution in [1.82, 2.24) is 15.6 Å². The quantitative estimate of drug-likeness (QED) is 0.800. The second kappa shape index (κ2) is 6.75. The highest BCUT2D eigenvalue weighted by atomic mass is 32.1. The largest absolute Gasteiger partial charge is 0.392 e. The summed E-state index contributed by atoms with van der Waals surface area (Å²) >= 11 is 1.59. The first-order chi connectivity index (χ1) is 9.90. The second-order valence-corrected chi connectivity index (χ2v) is 7.54. The van der Waals surface area contributed by atoms with Gasteiger partial charge < -0.3 is 15.7 Å². The van der Waals surface area contributed by atoms with Crippen molar-refractivity contribution >= 4 is 17.4 Å². The molecule has 1 aliphatic rings. The van der Waals surface area contributed by atoms with Crippen LogP contribution in [0.1, 0.15) is 55.5 Å². The second-order valence-electron chi connectivity index (χ2n) is 6.27. The van der Waals surface area contributed by atoms with Crippen LogP contribution in [0.25, 0.3) is 0 Å². The monoisotopic (exact) mass is 311 g/mol. The first-order valence-electron chi connectivity index (χ1n) is 7.55. The molecule has 118 valence electrons. The molecular weight excluding hydrogens is 286 g/mol. The molecule has 1 fully saturated rings. The van der Waals surface area contributed by atoms with Crippen LogP contribution in [-0.2, 0) is 0 Å². The normalized spacial score (nSPS) is 27.1. The maximum Gasteiger partial charge on any atom is 0.315 e. The molecule has 3 unspecified atom stereocenters. The number of aryl methyl sites for hydroxylation is 1. The first kappa shape index (κ1) is 16.2. The highest BCUT2D eigenvalue weighted by molar-refractivity contribution is 7.11. The van der Waals surface area contributed by atoms with Crippen LogP contribution in [0.15, 0.2) is 6.20 Å². The number of carbonyl (C=O) groups excluding carboxylic acids is 1. The van der Waals surface area contributed by atoms with E-state index in [4.69, 9.17) is 0 Å². The number of aliphatic hydroxyl groups excluding tert-OH is 1. The van der Waals surface area contributed by atoms with Crippen LogP contribution in [0.4, 0.5) is 4.79 Å². The van der Waals surface area contributed by atoms with Crippen LogP contribution >= 0.6 is 11.3 Å². The molecule has 0 aromatic carbocycles. The third-order valence-corrected chi connectivity index (χ3v) is 5.39. The van der Waals surface area contributed by atoms with E-state index in [-0.39, 0.29) is 23.6 Å². The summed E-state index contributed by atoms with van der Waals surface area (Å²) in [6.45, 7) is 6.47. The molecule has 6 heteroatoms. The minimum Gasteiger partial charge on any atom is -0.392 e. The van der Waals surface area contributed by atoms with Crippen LogP contribution in [-0.4, -0.2) is 28.8 Å². The van der Waals surface area contributed by atoms with Gasteiger partial charge in [-0.2, -0.15) is 0 Å². The van der Waals surface area contributed by atoms with Crippen LogP contribution in [0.5, 0.6) is 0 Å². The van der Waals surface area contributed by atoms with E-state index >= 15 is 0 Å². The number of urea groups is 1. The molecule has 0 spiro atoms. The molecule has 1 aromatic heterocycles. The third-order valence-electron chi connectivity index (χ3n) is 4.29. The van der Waals surface area contributed by atoms with E-state index in [9.17, 15) is 9.90 Å². The van der Waals surface area contributed by atoms with E-state index < -0.39 is 0 Å². The Morgan fingerprint density at radius 2 is 2.38 bits per heavy atom. The summed E-state index contributed by atoms with van der Waals surface area (Å²) in [5.41, 5.74) is -0.212. The van der Waals surface area contributed by atoms with Crippen molar-refractivity contribution in [2.75, 3.05) is 6.54 Å². The lowest BCUT2D eigenvalue weighted by molar-refractivity contribution is 0.00305. The summed E-state index contributed by atoms with van der Waals surface area (Å²) in [5.74, 6) is 0. The summed E-state index contributed by atoms with van der Waals surface area (Å²) in [6, 6.07) is -0.304. The standard InChI is InChI=1S/C15H25N3O2S/c1-10-8-16-13(21-10)11(2)18-14(20)17-9-15(3)7-5-4-6-12(15)19/h8,11-12,19H,4-7,9H2,1-3H3,(H2,17,18,20). The van der Waals surface area contributed by atoms with Gasteiger partial charge in [0.05, 0.1) is 12.1 Å². The van der Waals surface area contributed by atoms with E-state index in [1.54, 1.807) is 11.3 Å². The molecule has 0 saturated heterocycles. The Balaban J connectivity index is 1.82. The van der Waals surface area contributed by atoms with Crippen LogP contribution in [0.2, 0.25) is 0 Å². The fourth-order valence-electron chi connectivity index (χ4n) is 2.75. The molecule has 1 heterocycles. The highest BCUT2D eigenvalue weighted by Crippen LogP contribution is 2.35. The summed E-state index contributed by atoms with van der Waals surface area (Å²) < 4.78 is 0. The number of nitrogens with zero attached hydrogens (tertiary/aromatic N) is 1. The lowest BCUT2D eigenvalue weighted by Crippen LogP contribution is -2.48. The highest BCUT2D eigenvalue weighted by Gasteiger charge is 2.35. The molecule has 2 amide bonds. The Labute approximate surface area is 130 Å². The number of thiazole rings is 1. The van der Waals surface area contributed by atoms with Crippen molar-refractivity contribution in [1.29, 1.82) is 0 Å². The molecule has 0 bridgehead atoms. The fraction of sp³-hybridized carbons (Fsp3) is 0.733. The van der Waals surface area contributed by atoms with Gasteiger partial charge in [0.15, 0.2) is 0 Å². The average molecular weight is 311 g/mol. The van der Waals surface area contributed by atoms with Crippen molar-refractivity contribution in [3.63, 3.8) is 0 Å². The molecule has 0 aliphatic heterocycles. The van der Waals surface area contributed by atoms with Gasteiger partial charge in [0.2, 0.25) is 0 Å². The molecule has 3 atom stereocenters. The molecule has 1 saturated carbocycles. The summed E-state index contributed by atoms with van der Waals surface area (Å²) in [6.07, 6.45) is 5.46. The summed E-state index contributed by atoms with van der Waals surface area (Å²) in [5, 5.41) is 16.8. The first-order valence-corrected chi connectivity index (χ1v) is 8.37. The summed E-state index contributed by atoms with van der Waals surface area (Å²) in [4.78, 5) is 17.4. The van der Waals surface area contributed by atoms with Crippen molar-refractivity contribution in [3.05, 3.63) is 16.1 Å². The Morgan fingerprint density at radius 1 is 1.62 bits per heavy atom. The van der Waals surface area contributed by atoms with Crippen molar-refractivity contribution in [2.45, 2.75) is 58.6 Å². The molecule has 0 radical (unpaired) electrons.